The summed E-state index contributed by atoms with van der Waals surface area (Å²) < 4.78 is 0. The topological polar surface area (TPSA) is 66.6 Å². The van der Waals surface area contributed by atoms with Crippen LogP contribution < -0.4 is 5.73 Å². The molecule has 0 saturated carbocycles. The number of aromatic hydroxyl groups is 1. The molecule has 1 aromatic rings. The van der Waals surface area contributed by atoms with E-state index in [0.717, 1.165) is 18.5 Å². The molecule has 1 saturated heterocycles. The lowest BCUT2D eigenvalue weighted by Crippen LogP contribution is -2.48. The predicted octanol–water partition coefficient (Wildman–Crippen LogP) is 1.51. The number of nitrogens with two attached hydrogens (primary N) is 1. The number of carbonyl (C=O) groups excluding carboxylic acids is 1. The maximum absolute atomic E-state index is 12.3. The minimum Gasteiger partial charge on any atom is -0.508 e. The van der Waals surface area contributed by atoms with Gasteiger partial charge in [0, 0.05) is 24.7 Å². The number of benzene rings is 1. The van der Waals surface area contributed by atoms with E-state index < -0.39 is 0 Å². The number of amides is 1. The number of aryl methyl sites for hydroxylation is 1. The van der Waals surface area contributed by atoms with Gasteiger partial charge in [0.25, 0.3) is 5.91 Å². The molecule has 0 spiro atoms. The molecule has 3 N–H and O–H groups in total. The Labute approximate surface area is 107 Å². The van der Waals surface area contributed by atoms with Gasteiger partial charge in [0.1, 0.15) is 5.75 Å². The molecule has 0 radical (unpaired) electrons. The third-order valence-electron chi connectivity index (χ3n) is 3.44. The van der Waals surface area contributed by atoms with Crippen LogP contribution >= 0.6 is 0 Å². The first-order valence-corrected chi connectivity index (χ1v) is 6.32. The van der Waals surface area contributed by atoms with Crippen LogP contribution in [0.15, 0.2) is 18.2 Å². The van der Waals surface area contributed by atoms with Gasteiger partial charge >= 0.3 is 0 Å². The number of nitrogens with zero attached hydrogens (tertiary/aromatic N) is 1. The van der Waals surface area contributed by atoms with Gasteiger partial charge in [0.05, 0.1) is 0 Å². The van der Waals surface area contributed by atoms with E-state index >= 15 is 0 Å². The van der Waals surface area contributed by atoms with Crippen LogP contribution in [-0.2, 0) is 0 Å². The van der Waals surface area contributed by atoms with Crippen LogP contribution in [0, 0.1) is 12.8 Å². The molecule has 0 aromatic heterocycles. The molecule has 1 aromatic carbocycles. The van der Waals surface area contributed by atoms with Crippen LogP contribution in [0.2, 0.25) is 0 Å². The Morgan fingerprint density at radius 1 is 1.44 bits per heavy atom. The van der Waals surface area contributed by atoms with Crippen LogP contribution in [0.1, 0.15) is 29.3 Å². The molecule has 1 aliphatic rings. The summed E-state index contributed by atoms with van der Waals surface area (Å²) in [7, 11) is 0. The van der Waals surface area contributed by atoms with E-state index in [9.17, 15) is 9.90 Å². The number of piperidine rings is 1. The molecule has 1 heterocycles. The molecule has 0 bridgehead atoms. The molecule has 2 unspecified atom stereocenters. The summed E-state index contributed by atoms with van der Waals surface area (Å²) in [4.78, 5) is 14.1. The normalized spacial score (nSPS) is 24.1. The van der Waals surface area contributed by atoms with Crippen molar-refractivity contribution in [2.45, 2.75) is 26.3 Å². The maximum Gasteiger partial charge on any atom is 0.254 e. The molecule has 98 valence electrons. The zero-order valence-corrected chi connectivity index (χ0v) is 10.9. The van der Waals surface area contributed by atoms with Crippen molar-refractivity contribution >= 4 is 5.91 Å². The number of carbonyl (C=O) groups is 1. The number of hydrogen-bond acceptors (Lipinski definition) is 3. The molecule has 1 amide bonds. The van der Waals surface area contributed by atoms with Gasteiger partial charge in [-0.2, -0.15) is 0 Å². The van der Waals surface area contributed by atoms with Crippen molar-refractivity contribution in [3.63, 3.8) is 0 Å². The highest BCUT2D eigenvalue weighted by molar-refractivity contribution is 5.94. The lowest BCUT2D eigenvalue weighted by molar-refractivity contribution is 0.0660. The van der Waals surface area contributed by atoms with E-state index in [1.165, 1.54) is 6.07 Å². The highest BCUT2D eigenvalue weighted by Gasteiger charge is 2.26. The number of rotatable bonds is 1. The number of likely N-dealkylation sites (tertiary alicyclic amines) is 1. The third kappa shape index (κ3) is 2.64. The first-order chi connectivity index (χ1) is 8.47. The molecular weight excluding hydrogens is 228 g/mol. The summed E-state index contributed by atoms with van der Waals surface area (Å²) in [5.41, 5.74) is 7.24. The monoisotopic (exact) mass is 248 g/mol. The minimum absolute atomic E-state index is 0.0488. The average Bonchev–Trinajstić information content (AvgIpc) is 2.30. The van der Waals surface area contributed by atoms with Crippen LogP contribution in [-0.4, -0.2) is 35.0 Å². The van der Waals surface area contributed by atoms with Crippen molar-refractivity contribution in [1.82, 2.24) is 4.90 Å². The zero-order chi connectivity index (χ0) is 13.3. The smallest absolute Gasteiger partial charge is 0.254 e. The summed E-state index contributed by atoms with van der Waals surface area (Å²) >= 11 is 0. The maximum atomic E-state index is 12.3. The van der Waals surface area contributed by atoms with Crippen LogP contribution in [0.3, 0.4) is 0 Å². The van der Waals surface area contributed by atoms with Gasteiger partial charge in [-0.3, -0.25) is 4.79 Å². The van der Waals surface area contributed by atoms with Crippen molar-refractivity contribution in [3.8, 4) is 5.75 Å². The molecule has 1 aliphatic heterocycles. The Bertz CT molecular complexity index is 449. The summed E-state index contributed by atoms with van der Waals surface area (Å²) in [6.07, 6.45) is 0.961. The fourth-order valence-corrected chi connectivity index (χ4v) is 2.49. The van der Waals surface area contributed by atoms with E-state index in [4.69, 9.17) is 5.73 Å². The largest absolute Gasteiger partial charge is 0.508 e. The Hall–Kier alpha value is -1.55. The van der Waals surface area contributed by atoms with Gasteiger partial charge in [-0.15, -0.1) is 0 Å². The summed E-state index contributed by atoms with van der Waals surface area (Å²) in [5, 5.41) is 9.66. The van der Waals surface area contributed by atoms with Gasteiger partial charge in [-0.05, 0) is 37.0 Å². The van der Waals surface area contributed by atoms with Gasteiger partial charge < -0.3 is 15.7 Å². The number of hydrogen-bond donors (Lipinski definition) is 2. The second kappa shape index (κ2) is 4.98. The van der Waals surface area contributed by atoms with Crippen molar-refractivity contribution in [2.75, 3.05) is 13.1 Å². The molecule has 18 heavy (non-hydrogen) atoms. The number of phenolic OH excluding ortho intramolecular Hbond substituents is 1. The SMILES string of the molecule is Cc1ccc(C(=O)N2CC(C)CC(N)C2)cc1O. The van der Waals surface area contributed by atoms with Gasteiger partial charge in [0.2, 0.25) is 0 Å². The second-order valence-corrected chi connectivity index (χ2v) is 5.31. The van der Waals surface area contributed by atoms with E-state index in [1.54, 1.807) is 17.0 Å². The first kappa shape index (κ1) is 12.9. The Balaban J connectivity index is 2.17. The lowest BCUT2D eigenvalue weighted by Gasteiger charge is -2.34. The van der Waals surface area contributed by atoms with Gasteiger partial charge in [-0.25, -0.2) is 0 Å². The third-order valence-corrected chi connectivity index (χ3v) is 3.44. The highest BCUT2D eigenvalue weighted by atomic mass is 16.3. The minimum atomic E-state index is -0.0488. The quantitative estimate of drug-likeness (QED) is 0.791. The molecule has 2 atom stereocenters. The van der Waals surface area contributed by atoms with Gasteiger partial charge in [-0.1, -0.05) is 13.0 Å². The second-order valence-electron chi connectivity index (χ2n) is 5.31. The summed E-state index contributed by atoms with van der Waals surface area (Å²) in [6.45, 7) is 5.24. The van der Waals surface area contributed by atoms with E-state index in [1.807, 2.05) is 6.92 Å². The van der Waals surface area contributed by atoms with Gasteiger partial charge in [0.15, 0.2) is 0 Å². The predicted molar refractivity (Wildman–Crippen MR) is 70.5 cm³/mol. The standard InChI is InChI=1S/C14H20N2O2/c1-9-5-12(15)8-16(7-9)14(18)11-4-3-10(2)13(17)6-11/h3-4,6,9,12,17H,5,7-8,15H2,1-2H3. The average molecular weight is 248 g/mol. The van der Waals surface area contributed by atoms with Crippen molar-refractivity contribution < 1.29 is 9.90 Å². The van der Waals surface area contributed by atoms with Crippen LogP contribution in [0.25, 0.3) is 0 Å². The summed E-state index contributed by atoms with van der Waals surface area (Å²) in [6, 6.07) is 5.09. The molecule has 2 rings (SSSR count). The molecule has 0 aliphatic carbocycles. The molecule has 4 nitrogen and oxygen atoms in total. The molecule has 1 fully saturated rings. The molecule has 4 heteroatoms. The summed E-state index contributed by atoms with van der Waals surface area (Å²) in [5.74, 6) is 0.541. The Kier molecular flexibility index (Phi) is 3.57. The van der Waals surface area contributed by atoms with E-state index in [0.29, 0.717) is 18.0 Å². The zero-order valence-electron chi connectivity index (χ0n) is 10.9. The fraction of sp³-hybridized carbons (Fsp3) is 0.500. The van der Waals surface area contributed by atoms with Crippen molar-refractivity contribution in [1.29, 1.82) is 0 Å². The van der Waals surface area contributed by atoms with Crippen molar-refractivity contribution in [3.05, 3.63) is 29.3 Å². The van der Waals surface area contributed by atoms with E-state index in [2.05, 4.69) is 6.92 Å². The van der Waals surface area contributed by atoms with Crippen LogP contribution in [0.5, 0.6) is 5.75 Å². The Morgan fingerprint density at radius 2 is 2.17 bits per heavy atom. The Morgan fingerprint density at radius 3 is 2.78 bits per heavy atom. The highest BCUT2D eigenvalue weighted by Crippen LogP contribution is 2.21. The first-order valence-electron chi connectivity index (χ1n) is 6.32. The van der Waals surface area contributed by atoms with Crippen LogP contribution in [0.4, 0.5) is 0 Å². The van der Waals surface area contributed by atoms with E-state index in [-0.39, 0.29) is 17.7 Å². The fourth-order valence-electron chi connectivity index (χ4n) is 2.49. The number of phenols is 1. The lowest BCUT2D eigenvalue weighted by atomic mass is 9.96. The van der Waals surface area contributed by atoms with Crippen molar-refractivity contribution in [2.24, 2.45) is 11.7 Å². The molecular formula is C14H20N2O2.